The Labute approximate surface area is 180 Å². The van der Waals surface area contributed by atoms with E-state index in [1.165, 1.54) is 0 Å². The first-order valence-electron chi connectivity index (χ1n) is 9.61. The number of rotatable bonds is 6. The van der Waals surface area contributed by atoms with Gasteiger partial charge in [-0.2, -0.15) is 5.10 Å². The molecule has 3 aromatic rings. The topological polar surface area (TPSA) is 91.8 Å². The van der Waals surface area contributed by atoms with Crippen molar-refractivity contribution in [3.05, 3.63) is 63.4 Å². The van der Waals surface area contributed by atoms with Crippen molar-refractivity contribution in [2.24, 2.45) is 0 Å². The summed E-state index contributed by atoms with van der Waals surface area (Å²) in [7, 11) is 0. The van der Waals surface area contributed by atoms with Crippen LogP contribution in [0.25, 0.3) is 11.4 Å². The molecule has 0 bridgehead atoms. The van der Waals surface area contributed by atoms with E-state index in [1.54, 1.807) is 4.57 Å². The van der Waals surface area contributed by atoms with Crippen LogP contribution in [0, 0.1) is 32.5 Å². The number of hydrogen-bond acceptors (Lipinski definition) is 4. The number of aromatic nitrogens is 3. The molecular formula is C22H25N5O2S. The Kier molecular flexibility index (Phi) is 6.47. The van der Waals surface area contributed by atoms with Crippen LogP contribution >= 0.6 is 12.2 Å². The Morgan fingerprint density at radius 2 is 1.73 bits per heavy atom. The maximum absolute atomic E-state index is 12.4. The van der Waals surface area contributed by atoms with E-state index in [2.05, 4.69) is 20.8 Å². The fraction of sp³-hybridized carbons (Fsp3) is 0.273. The second kappa shape index (κ2) is 9.04. The molecule has 0 fully saturated rings. The molecule has 0 radical (unpaired) electrons. The van der Waals surface area contributed by atoms with Gasteiger partial charge in [0.05, 0.1) is 6.54 Å². The molecule has 0 spiro atoms. The highest BCUT2D eigenvalue weighted by Crippen LogP contribution is 2.22. The second-order valence-electron chi connectivity index (χ2n) is 7.41. The fourth-order valence-electron chi connectivity index (χ4n) is 3.41. The van der Waals surface area contributed by atoms with Crippen molar-refractivity contribution in [1.29, 1.82) is 0 Å². The van der Waals surface area contributed by atoms with Gasteiger partial charge in [0.2, 0.25) is 11.8 Å². The highest BCUT2D eigenvalue weighted by molar-refractivity contribution is 7.71. The number of amides is 2. The first-order chi connectivity index (χ1) is 14.2. The van der Waals surface area contributed by atoms with Crippen molar-refractivity contribution < 1.29 is 9.59 Å². The van der Waals surface area contributed by atoms with E-state index in [4.69, 9.17) is 12.2 Å². The molecule has 0 unspecified atom stereocenters. The van der Waals surface area contributed by atoms with Crippen molar-refractivity contribution >= 4 is 29.7 Å². The summed E-state index contributed by atoms with van der Waals surface area (Å²) in [5.41, 5.74) is 5.82. The van der Waals surface area contributed by atoms with Crippen LogP contribution in [0.2, 0.25) is 0 Å². The highest BCUT2D eigenvalue weighted by atomic mass is 32.1. The smallest absolute Gasteiger partial charge is 0.243 e. The Balaban J connectivity index is 1.64. The number of carbonyl (C=O) groups is 2. The number of nitrogens with zero attached hydrogens (tertiary/aromatic N) is 2. The van der Waals surface area contributed by atoms with Crippen molar-refractivity contribution in [3.8, 4) is 11.4 Å². The summed E-state index contributed by atoms with van der Waals surface area (Å²) in [5, 5.41) is 12.5. The fourth-order valence-corrected chi connectivity index (χ4v) is 3.60. The van der Waals surface area contributed by atoms with Gasteiger partial charge in [0.1, 0.15) is 6.54 Å². The lowest BCUT2D eigenvalue weighted by atomic mass is 10.1. The lowest BCUT2D eigenvalue weighted by Crippen LogP contribution is -2.35. The molecule has 0 aliphatic rings. The van der Waals surface area contributed by atoms with Crippen molar-refractivity contribution in [2.75, 3.05) is 11.9 Å². The number of anilines is 1. The average molecular weight is 424 g/mol. The molecule has 1 aromatic heterocycles. The van der Waals surface area contributed by atoms with Gasteiger partial charge in [0.15, 0.2) is 10.6 Å². The van der Waals surface area contributed by atoms with Gasteiger partial charge in [-0.05, 0) is 57.1 Å². The molecule has 8 heteroatoms. The van der Waals surface area contributed by atoms with Crippen molar-refractivity contribution in [1.82, 2.24) is 20.1 Å². The summed E-state index contributed by atoms with van der Waals surface area (Å²) in [6, 6.07) is 11.8. The Morgan fingerprint density at radius 1 is 1.03 bits per heavy atom. The number of benzene rings is 2. The number of carbonyl (C=O) groups excluding carboxylic acids is 2. The minimum absolute atomic E-state index is 0.0333. The first-order valence-corrected chi connectivity index (χ1v) is 10.0. The van der Waals surface area contributed by atoms with Gasteiger partial charge in [-0.15, -0.1) is 0 Å². The predicted molar refractivity (Wildman–Crippen MR) is 120 cm³/mol. The molecule has 3 rings (SSSR count). The first kappa shape index (κ1) is 21.4. The summed E-state index contributed by atoms with van der Waals surface area (Å²) in [5.74, 6) is -0.0313. The molecule has 0 saturated carbocycles. The Morgan fingerprint density at radius 3 is 2.40 bits per heavy atom. The monoisotopic (exact) mass is 423 g/mol. The maximum Gasteiger partial charge on any atom is 0.243 e. The van der Waals surface area contributed by atoms with Gasteiger partial charge in [-0.1, -0.05) is 41.5 Å². The molecule has 0 atom stereocenters. The van der Waals surface area contributed by atoms with Crippen LogP contribution in [-0.4, -0.2) is 33.1 Å². The van der Waals surface area contributed by atoms with Crippen LogP contribution in [-0.2, 0) is 16.1 Å². The van der Waals surface area contributed by atoms with E-state index in [0.29, 0.717) is 10.6 Å². The van der Waals surface area contributed by atoms with E-state index in [-0.39, 0.29) is 24.9 Å². The minimum atomic E-state index is -0.325. The molecule has 2 amide bonds. The van der Waals surface area contributed by atoms with Gasteiger partial charge >= 0.3 is 0 Å². The van der Waals surface area contributed by atoms with Crippen LogP contribution < -0.4 is 10.6 Å². The van der Waals surface area contributed by atoms with Crippen LogP contribution in [0.3, 0.4) is 0 Å². The van der Waals surface area contributed by atoms with Gasteiger partial charge < -0.3 is 10.6 Å². The molecule has 156 valence electrons. The van der Waals surface area contributed by atoms with Crippen LogP contribution in [0.5, 0.6) is 0 Å². The summed E-state index contributed by atoms with van der Waals surface area (Å²) in [6.45, 7) is 7.73. The second-order valence-corrected chi connectivity index (χ2v) is 7.79. The molecular weight excluding hydrogens is 398 g/mol. The third-order valence-electron chi connectivity index (χ3n) is 4.72. The number of hydrogen-bond donors (Lipinski definition) is 3. The lowest BCUT2D eigenvalue weighted by Gasteiger charge is -2.13. The van der Waals surface area contributed by atoms with E-state index >= 15 is 0 Å². The summed E-state index contributed by atoms with van der Waals surface area (Å²) < 4.78 is 1.96. The predicted octanol–water partition coefficient (Wildman–Crippen LogP) is 3.60. The zero-order valence-electron chi connectivity index (χ0n) is 17.5. The molecule has 7 nitrogen and oxygen atoms in total. The van der Waals surface area contributed by atoms with Gasteiger partial charge in [0.25, 0.3) is 0 Å². The lowest BCUT2D eigenvalue weighted by molar-refractivity contribution is -0.124. The highest BCUT2D eigenvalue weighted by Gasteiger charge is 2.14. The molecule has 2 aromatic carbocycles. The van der Waals surface area contributed by atoms with Gasteiger partial charge in [0, 0.05) is 11.3 Å². The Hall–Kier alpha value is -3.26. The standard InChI is InChI=1S/C22H25N5O2S/c1-13-6-5-7-17(10-13)21-25-26-22(30)27(21)12-19(29)23-11-18(28)24-20-15(3)8-14(2)9-16(20)4/h5-10H,11-12H2,1-4H3,(H,23,29)(H,24,28)(H,26,30). The molecule has 1 heterocycles. The molecule has 3 N–H and O–H groups in total. The maximum atomic E-state index is 12.4. The minimum Gasteiger partial charge on any atom is -0.345 e. The summed E-state index contributed by atoms with van der Waals surface area (Å²) in [6.07, 6.45) is 0. The van der Waals surface area contributed by atoms with Crippen LogP contribution in [0.15, 0.2) is 36.4 Å². The SMILES string of the molecule is Cc1cccc(-c2n[nH]c(=S)n2CC(=O)NCC(=O)Nc2c(C)cc(C)cc2C)c1. The van der Waals surface area contributed by atoms with Crippen LogP contribution in [0.4, 0.5) is 5.69 Å². The molecule has 0 aliphatic heterocycles. The normalized spacial score (nSPS) is 10.7. The third kappa shape index (κ3) is 5.01. The van der Waals surface area contributed by atoms with E-state index in [9.17, 15) is 9.59 Å². The number of nitrogens with one attached hydrogen (secondary N) is 3. The van der Waals surface area contributed by atoms with Gasteiger partial charge in [-0.3, -0.25) is 19.3 Å². The summed E-state index contributed by atoms with van der Waals surface area (Å²) in [4.78, 5) is 24.8. The van der Waals surface area contributed by atoms with Crippen molar-refractivity contribution in [3.63, 3.8) is 0 Å². The molecule has 0 aliphatic carbocycles. The third-order valence-corrected chi connectivity index (χ3v) is 5.04. The number of H-pyrrole nitrogens is 1. The number of aryl methyl sites for hydroxylation is 4. The molecule has 0 saturated heterocycles. The van der Waals surface area contributed by atoms with E-state index in [0.717, 1.165) is 33.5 Å². The quantitative estimate of drug-likeness (QED) is 0.528. The largest absolute Gasteiger partial charge is 0.345 e. The zero-order valence-corrected chi connectivity index (χ0v) is 18.3. The van der Waals surface area contributed by atoms with Crippen molar-refractivity contribution in [2.45, 2.75) is 34.2 Å². The Bertz CT molecular complexity index is 1140. The number of aromatic amines is 1. The average Bonchev–Trinajstić information content (AvgIpc) is 3.03. The summed E-state index contributed by atoms with van der Waals surface area (Å²) >= 11 is 5.27. The van der Waals surface area contributed by atoms with Crippen LogP contribution in [0.1, 0.15) is 22.3 Å². The zero-order chi connectivity index (χ0) is 21.8. The molecule has 30 heavy (non-hydrogen) atoms. The van der Waals surface area contributed by atoms with E-state index in [1.807, 2.05) is 64.1 Å². The van der Waals surface area contributed by atoms with Gasteiger partial charge in [-0.25, -0.2) is 0 Å². The van der Waals surface area contributed by atoms with E-state index < -0.39 is 0 Å².